The lowest BCUT2D eigenvalue weighted by molar-refractivity contribution is -0.166. The highest BCUT2D eigenvalue weighted by Gasteiger charge is 2.19. The Bertz CT molecular complexity index is 1150. The van der Waals surface area contributed by atoms with E-state index < -0.39 is 6.10 Å². The number of carbonyl (C=O) groups is 3. The van der Waals surface area contributed by atoms with Crippen molar-refractivity contribution in [2.24, 2.45) is 0 Å². The van der Waals surface area contributed by atoms with E-state index in [9.17, 15) is 14.4 Å². The molecule has 0 aliphatic carbocycles. The molecule has 0 N–H and O–H groups in total. The molecule has 0 aromatic rings. The Kier molecular flexibility index (Phi) is 49.4. The molecule has 0 heterocycles. The van der Waals surface area contributed by atoms with Crippen molar-refractivity contribution >= 4 is 17.9 Å². The van der Waals surface area contributed by atoms with E-state index in [0.29, 0.717) is 19.3 Å². The molecule has 0 radical (unpaired) electrons. The van der Waals surface area contributed by atoms with Crippen LogP contribution in [0.1, 0.15) is 265 Å². The van der Waals surface area contributed by atoms with Crippen molar-refractivity contribution in [2.75, 3.05) is 13.2 Å². The Morgan fingerprint density at radius 2 is 0.651 bits per heavy atom. The number of unbranched alkanes of at least 4 members (excludes halogenated alkanes) is 27. The van der Waals surface area contributed by atoms with Crippen LogP contribution < -0.4 is 0 Å². The van der Waals surface area contributed by atoms with Crippen LogP contribution in [0, 0.1) is 0 Å². The number of hydrogen-bond acceptors (Lipinski definition) is 6. The van der Waals surface area contributed by atoms with E-state index in [2.05, 4.69) is 75.5 Å². The molecule has 0 aromatic carbocycles. The van der Waals surface area contributed by atoms with Crippen molar-refractivity contribution in [1.82, 2.24) is 0 Å². The zero-order valence-corrected chi connectivity index (χ0v) is 41.6. The lowest BCUT2D eigenvalue weighted by atomic mass is 10.1. The largest absolute Gasteiger partial charge is 0.462 e. The number of rotatable bonds is 48. The van der Waals surface area contributed by atoms with Crippen LogP contribution in [0.4, 0.5) is 0 Å². The summed E-state index contributed by atoms with van der Waals surface area (Å²) < 4.78 is 16.7. The van der Waals surface area contributed by atoms with Gasteiger partial charge in [-0.2, -0.15) is 0 Å². The molecular weight excluding hydrogens is 781 g/mol. The van der Waals surface area contributed by atoms with Crippen LogP contribution in [0.2, 0.25) is 0 Å². The zero-order chi connectivity index (χ0) is 45.8. The smallest absolute Gasteiger partial charge is 0.306 e. The Hall–Kier alpha value is -2.89. The maximum Gasteiger partial charge on any atom is 0.306 e. The van der Waals surface area contributed by atoms with Crippen molar-refractivity contribution in [3.05, 3.63) is 60.8 Å². The predicted octanol–water partition coefficient (Wildman–Crippen LogP) is 17.6. The van der Waals surface area contributed by atoms with Crippen LogP contribution in [0.3, 0.4) is 0 Å². The average molecular weight is 881 g/mol. The Morgan fingerprint density at radius 1 is 0.333 bits per heavy atom. The fourth-order valence-electron chi connectivity index (χ4n) is 7.47. The predicted molar refractivity (Wildman–Crippen MR) is 270 cm³/mol. The molecule has 0 saturated carbocycles. The Labute approximate surface area is 390 Å². The molecule has 0 bridgehead atoms. The molecule has 63 heavy (non-hydrogen) atoms. The molecule has 1 unspecified atom stereocenters. The summed E-state index contributed by atoms with van der Waals surface area (Å²) in [5.41, 5.74) is 0. The number of allylic oxidation sites excluding steroid dienone is 10. The van der Waals surface area contributed by atoms with Crippen molar-refractivity contribution < 1.29 is 28.6 Å². The lowest BCUT2D eigenvalue weighted by Crippen LogP contribution is -2.30. The molecule has 0 amide bonds. The standard InChI is InChI=1S/C57H100O6/c1-4-7-10-13-16-19-22-25-27-28-29-30-33-35-38-41-44-47-50-56(59)62-53-54(52-61-55(58)49-46-43-40-37-34-31-24-21-18-15-12-9-6-3)63-57(60)51-48-45-42-39-36-32-26-23-20-17-14-11-8-5-2/h8,11,17,20,29-31,34,40,43,54H,4-7,9-10,12-16,18-19,21-28,32-33,35-39,41-42,44-53H2,1-3H3/b11-8+,20-17+,30-29+,34-31+,43-40+. The van der Waals surface area contributed by atoms with Crippen LogP contribution in [0.25, 0.3) is 0 Å². The highest BCUT2D eigenvalue weighted by Crippen LogP contribution is 2.14. The van der Waals surface area contributed by atoms with Gasteiger partial charge in [0, 0.05) is 19.3 Å². The first-order chi connectivity index (χ1) is 31.0. The van der Waals surface area contributed by atoms with Gasteiger partial charge in [-0.3, -0.25) is 14.4 Å². The third-order valence-corrected chi connectivity index (χ3v) is 11.5. The zero-order valence-electron chi connectivity index (χ0n) is 41.6. The summed E-state index contributed by atoms with van der Waals surface area (Å²) >= 11 is 0. The summed E-state index contributed by atoms with van der Waals surface area (Å²) in [5, 5.41) is 0. The summed E-state index contributed by atoms with van der Waals surface area (Å²) in [4.78, 5) is 38.0. The van der Waals surface area contributed by atoms with Gasteiger partial charge in [-0.05, 0) is 89.9 Å². The van der Waals surface area contributed by atoms with E-state index >= 15 is 0 Å². The second-order valence-electron chi connectivity index (χ2n) is 17.7. The van der Waals surface area contributed by atoms with Crippen molar-refractivity contribution in [2.45, 2.75) is 271 Å². The fraction of sp³-hybridized carbons (Fsp3) is 0.772. The van der Waals surface area contributed by atoms with Gasteiger partial charge in [0.2, 0.25) is 0 Å². The van der Waals surface area contributed by atoms with Crippen LogP contribution in [-0.2, 0) is 28.6 Å². The van der Waals surface area contributed by atoms with Crippen LogP contribution in [0.15, 0.2) is 60.8 Å². The van der Waals surface area contributed by atoms with Crippen molar-refractivity contribution in [3.8, 4) is 0 Å². The topological polar surface area (TPSA) is 78.9 Å². The number of hydrogen-bond donors (Lipinski definition) is 0. The number of ether oxygens (including phenoxy) is 3. The van der Waals surface area contributed by atoms with Gasteiger partial charge >= 0.3 is 17.9 Å². The molecule has 0 fully saturated rings. The minimum atomic E-state index is -0.803. The van der Waals surface area contributed by atoms with Gasteiger partial charge in [0.1, 0.15) is 13.2 Å². The molecule has 0 saturated heterocycles. The number of esters is 3. The van der Waals surface area contributed by atoms with Gasteiger partial charge in [0.25, 0.3) is 0 Å². The van der Waals surface area contributed by atoms with Crippen LogP contribution >= 0.6 is 0 Å². The SMILES string of the molecule is CC/C=C/C/C=C/CCCCCCCCCC(=O)OC(COC(=O)CC/C=C/C/C=C/CCCCCCCC)COC(=O)CCCCCCC/C=C/CCCCCCCCCCC. The molecule has 0 aromatic heterocycles. The summed E-state index contributed by atoms with van der Waals surface area (Å²) in [6.45, 7) is 6.47. The molecule has 0 spiro atoms. The summed E-state index contributed by atoms with van der Waals surface area (Å²) in [6.07, 6.45) is 63.6. The molecule has 0 aliphatic heterocycles. The van der Waals surface area contributed by atoms with Gasteiger partial charge in [0.15, 0.2) is 6.10 Å². The highest BCUT2D eigenvalue weighted by molar-refractivity contribution is 5.71. The minimum Gasteiger partial charge on any atom is -0.462 e. The first-order valence-corrected chi connectivity index (χ1v) is 26.8. The van der Waals surface area contributed by atoms with Crippen LogP contribution in [0.5, 0.6) is 0 Å². The normalized spacial score (nSPS) is 12.5. The van der Waals surface area contributed by atoms with E-state index in [1.54, 1.807) is 0 Å². The van der Waals surface area contributed by atoms with Gasteiger partial charge in [-0.25, -0.2) is 0 Å². The van der Waals surface area contributed by atoms with E-state index in [4.69, 9.17) is 14.2 Å². The first kappa shape index (κ1) is 60.1. The monoisotopic (exact) mass is 881 g/mol. The Morgan fingerprint density at radius 3 is 1.06 bits per heavy atom. The third kappa shape index (κ3) is 50.0. The molecule has 0 rings (SSSR count). The second kappa shape index (κ2) is 51.7. The first-order valence-electron chi connectivity index (χ1n) is 26.8. The minimum absolute atomic E-state index is 0.0984. The van der Waals surface area contributed by atoms with Gasteiger partial charge in [0.05, 0.1) is 0 Å². The highest BCUT2D eigenvalue weighted by atomic mass is 16.6. The van der Waals surface area contributed by atoms with Gasteiger partial charge in [-0.15, -0.1) is 0 Å². The average Bonchev–Trinajstić information content (AvgIpc) is 3.28. The van der Waals surface area contributed by atoms with Crippen molar-refractivity contribution in [3.63, 3.8) is 0 Å². The summed E-state index contributed by atoms with van der Waals surface area (Å²) in [7, 11) is 0. The van der Waals surface area contributed by atoms with E-state index in [-0.39, 0.29) is 37.5 Å². The van der Waals surface area contributed by atoms with Gasteiger partial charge < -0.3 is 14.2 Å². The summed E-state index contributed by atoms with van der Waals surface area (Å²) in [6, 6.07) is 0. The lowest BCUT2D eigenvalue weighted by Gasteiger charge is -2.18. The number of carbonyl (C=O) groups excluding carboxylic acids is 3. The second-order valence-corrected chi connectivity index (χ2v) is 17.7. The van der Waals surface area contributed by atoms with Crippen molar-refractivity contribution in [1.29, 1.82) is 0 Å². The van der Waals surface area contributed by atoms with Gasteiger partial charge in [-0.1, -0.05) is 216 Å². The van der Waals surface area contributed by atoms with E-state index in [1.807, 2.05) is 6.08 Å². The maximum absolute atomic E-state index is 12.8. The van der Waals surface area contributed by atoms with E-state index in [1.165, 1.54) is 141 Å². The molecule has 6 heteroatoms. The van der Waals surface area contributed by atoms with E-state index in [0.717, 1.165) is 77.0 Å². The molecule has 1 atom stereocenters. The molecule has 6 nitrogen and oxygen atoms in total. The quantitative estimate of drug-likeness (QED) is 0.0262. The third-order valence-electron chi connectivity index (χ3n) is 11.5. The molecule has 0 aliphatic rings. The molecule has 364 valence electrons. The van der Waals surface area contributed by atoms with Crippen LogP contribution in [-0.4, -0.2) is 37.2 Å². The Balaban J connectivity index is 4.42. The summed E-state index contributed by atoms with van der Waals surface area (Å²) in [5.74, 6) is -0.980. The molecular formula is C57H100O6. The maximum atomic E-state index is 12.8. The fourth-order valence-corrected chi connectivity index (χ4v) is 7.47.